The Kier molecular flexibility index (Phi) is 2.90. The second-order valence-corrected chi connectivity index (χ2v) is 9.07. The van der Waals surface area contributed by atoms with E-state index in [4.69, 9.17) is 18.7 Å². The summed E-state index contributed by atoms with van der Waals surface area (Å²) in [7, 11) is 0. The molecule has 0 radical (unpaired) electrons. The molecule has 182 valence electrons. The van der Waals surface area contributed by atoms with Crippen LogP contribution in [0.2, 0.25) is 0 Å². The van der Waals surface area contributed by atoms with Gasteiger partial charge in [0, 0.05) is 16.3 Å². The molecule has 0 atom stereocenters. The van der Waals surface area contributed by atoms with Crippen molar-refractivity contribution in [1.82, 2.24) is 9.55 Å². The van der Waals surface area contributed by atoms with Crippen LogP contribution in [-0.4, -0.2) is 9.55 Å². The lowest BCUT2D eigenvalue weighted by atomic mass is 9.89. The van der Waals surface area contributed by atoms with Gasteiger partial charge in [-0.25, -0.2) is 4.98 Å². The molecule has 0 saturated carbocycles. The Hall–Kier alpha value is -5.21. The molecule has 1 heterocycles. The number of nitrogens with zero attached hydrogens (tertiary/aromatic N) is 2. The summed E-state index contributed by atoms with van der Waals surface area (Å²) in [6, 6.07) is 16.2. The molecular formula is C37H24N2. The van der Waals surface area contributed by atoms with E-state index < -0.39 is 60.4 Å². The van der Waals surface area contributed by atoms with E-state index in [1.165, 1.54) is 0 Å². The molecule has 0 fully saturated rings. The molecule has 0 aliphatic rings. The fourth-order valence-electron chi connectivity index (χ4n) is 5.30. The number of hydrogen-bond acceptors (Lipinski definition) is 1. The van der Waals surface area contributed by atoms with Crippen LogP contribution in [0.4, 0.5) is 0 Å². The van der Waals surface area contributed by atoms with Gasteiger partial charge < -0.3 is 0 Å². The summed E-state index contributed by atoms with van der Waals surface area (Å²) in [6.07, 6.45) is 0. The van der Waals surface area contributed by atoms with Gasteiger partial charge in [0.1, 0.15) is 5.82 Å². The van der Waals surface area contributed by atoms with Crippen LogP contribution < -0.4 is 0 Å². The van der Waals surface area contributed by atoms with E-state index >= 15 is 0 Å². The maximum absolute atomic E-state index is 9.36. The molecule has 0 N–H and O–H groups in total. The largest absolute Gasteiger partial charge is 0.291 e. The van der Waals surface area contributed by atoms with Crippen molar-refractivity contribution in [2.75, 3.05) is 0 Å². The Morgan fingerprint density at radius 3 is 1.90 bits per heavy atom. The van der Waals surface area contributed by atoms with E-state index in [1.807, 2.05) is 36.4 Å². The van der Waals surface area contributed by atoms with Gasteiger partial charge in [0.2, 0.25) is 0 Å². The van der Waals surface area contributed by atoms with Crippen LogP contribution in [-0.2, 0) is 0 Å². The Morgan fingerprint density at radius 2 is 1.15 bits per heavy atom. The second kappa shape index (κ2) is 8.68. The van der Waals surface area contributed by atoms with Crippen molar-refractivity contribution in [3.05, 3.63) is 145 Å². The zero-order chi connectivity index (χ0) is 36.2. The first-order chi connectivity index (χ1) is 24.4. The molecule has 0 amide bonds. The lowest BCUT2D eigenvalue weighted by Gasteiger charge is -2.20. The average molecular weight is 509 g/mol. The van der Waals surface area contributed by atoms with E-state index in [0.29, 0.717) is 43.8 Å². The van der Waals surface area contributed by atoms with Crippen LogP contribution in [0.25, 0.3) is 71.6 Å². The van der Waals surface area contributed by atoms with Crippen molar-refractivity contribution >= 4 is 43.4 Å². The van der Waals surface area contributed by atoms with Crippen molar-refractivity contribution in [3.63, 3.8) is 0 Å². The molecule has 7 aromatic carbocycles. The van der Waals surface area contributed by atoms with Gasteiger partial charge in [0.25, 0.3) is 0 Å². The molecule has 2 heteroatoms. The maximum atomic E-state index is 9.36. The first-order valence-corrected chi connectivity index (χ1v) is 12.4. The Morgan fingerprint density at radius 1 is 0.538 bits per heavy atom. The third-order valence-electron chi connectivity index (χ3n) is 6.91. The van der Waals surface area contributed by atoms with Crippen LogP contribution in [0.1, 0.15) is 16.4 Å². The topological polar surface area (TPSA) is 17.8 Å². The zero-order valence-electron chi connectivity index (χ0n) is 32.3. The fraction of sp³-hybridized carbons (Fsp3) is 0. The van der Waals surface area contributed by atoms with Gasteiger partial charge in [-0.15, -0.1) is 0 Å². The van der Waals surface area contributed by atoms with E-state index in [0.717, 1.165) is 0 Å². The number of rotatable bonds is 3. The minimum absolute atomic E-state index is 0.0258. The molecule has 0 spiro atoms. The molecule has 0 bridgehead atoms. The Bertz CT molecular complexity index is 2760. The normalized spacial score (nSPS) is 15.9. The predicted octanol–water partition coefficient (Wildman–Crippen LogP) is 9.82. The summed E-state index contributed by atoms with van der Waals surface area (Å²) in [5, 5.41) is 1.96. The summed E-state index contributed by atoms with van der Waals surface area (Å²) in [5.41, 5.74) is 2.03. The number of aromatic nitrogens is 2. The molecule has 0 aliphatic carbocycles. The number of imidazole rings is 1. The summed E-state index contributed by atoms with van der Waals surface area (Å²) in [5.74, 6) is 0.119. The predicted molar refractivity (Wildman–Crippen MR) is 164 cm³/mol. The summed E-state index contributed by atoms with van der Waals surface area (Å²) in [6.45, 7) is 0. The average Bonchev–Trinajstić information content (AvgIpc) is 3.51. The van der Waals surface area contributed by atoms with Crippen molar-refractivity contribution in [2.24, 2.45) is 0 Å². The third-order valence-corrected chi connectivity index (χ3v) is 6.91. The Balaban J connectivity index is 1.59. The summed E-state index contributed by atoms with van der Waals surface area (Å²) < 4.78 is 106. The van der Waals surface area contributed by atoms with Gasteiger partial charge in [-0.1, -0.05) is 127 Å². The number of benzene rings is 7. The molecule has 39 heavy (non-hydrogen) atoms. The van der Waals surface area contributed by atoms with Crippen molar-refractivity contribution < 1.29 is 16.4 Å². The SMILES string of the molecule is [2H]c1c([2H])c([2H])c(-c2nc3ccccc3n2-c2c3ccccc3c(-c3c([2H])c([2H])c4c([2H])c([2H])c([2H])c([2H])c4c3[2H])c3ccccc23)c([2H])c1[2H]. The number of hydrogen-bond donors (Lipinski definition) is 0. The standard InChI is InChI=1S/C37H24N2/c1-2-13-26(14-3-1)37-38-33-20-10-11-21-34(33)39(37)36-31-18-8-6-16-29(31)35(30-17-7-9-19-32(30)36)28-23-22-25-12-4-5-15-27(25)24-28/h1-24H/i1D,2D,3D,4D,5D,12D,13D,14D,15D,22D,23D,24D. The lowest BCUT2D eigenvalue weighted by molar-refractivity contribution is 1.13. The van der Waals surface area contributed by atoms with E-state index in [9.17, 15) is 2.74 Å². The first-order valence-electron chi connectivity index (χ1n) is 18.4. The minimum atomic E-state index is -0.546. The van der Waals surface area contributed by atoms with Gasteiger partial charge in [-0.3, -0.25) is 4.57 Å². The molecule has 8 rings (SSSR count). The van der Waals surface area contributed by atoms with Gasteiger partial charge in [0.05, 0.1) is 33.2 Å². The monoisotopic (exact) mass is 508 g/mol. The summed E-state index contributed by atoms with van der Waals surface area (Å²) >= 11 is 0. The van der Waals surface area contributed by atoms with Gasteiger partial charge in [0.15, 0.2) is 0 Å². The highest BCUT2D eigenvalue weighted by Crippen LogP contribution is 2.43. The maximum Gasteiger partial charge on any atom is 0.145 e. The highest BCUT2D eigenvalue weighted by molar-refractivity contribution is 6.19. The summed E-state index contributed by atoms with van der Waals surface area (Å²) in [4.78, 5) is 4.83. The smallest absolute Gasteiger partial charge is 0.145 e. The quantitative estimate of drug-likeness (QED) is 0.217. The Labute approximate surface area is 243 Å². The van der Waals surface area contributed by atoms with Gasteiger partial charge in [-0.2, -0.15) is 0 Å². The highest BCUT2D eigenvalue weighted by atomic mass is 15.1. The minimum Gasteiger partial charge on any atom is -0.291 e. The van der Waals surface area contributed by atoms with Crippen molar-refractivity contribution in [1.29, 1.82) is 0 Å². The molecule has 0 unspecified atom stereocenters. The van der Waals surface area contributed by atoms with E-state index in [1.54, 1.807) is 41.0 Å². The fourth-order valence-corrected chi connectivity index (χ4v) is 5.30. The van der Waals surface area contributed by atoms with Crippen molar-refractivity contribution in [3.8, 4) is 28.2 Å². The number of para-hydroxylation sites is 2. The highest BCUT2D eigenvalue weighted by Gasteiger charge is 2.21. The zero-order valence-corrected chi connectivity index (χ0v) is 20.3. The second-order valence-electron chi connectivity index (χ2n) is 9.07. The van der Waals surface area contributed by atoms with Gasteiger partial charge in [-0.05, 0) is 50.8 Å². The molecule has 0 aliphatic heterocycles. The van der Waals surface area contributed by atoms with E-state index in [2.05, 4.69) is 0 Å². The first kappa shape index (κ1) is 13.0. The third kappa shape index (κ3) is 3.39. The van der Waals surface area contributed by atoms with Crippen LogP contribution in [0, 0.1) is 0 Å². The molecule has 1 aromatic heterocycles. The van der Waals surface area contributed by atoms with Crippen LogP contribution in [0.3, 0.4) is 0 Å². The van der Waals surface area contributed by atoms with E-state index in [-0.39, 0.29) is 39.8 Å². The number of fused-ring (bicyclic) bond motifs is 4. The molecular weight excluding hydrogens is 472 g/mol. The lowest BCUT2D eigenvalue weighted by Crippen LogP contribution is -2.01. The van der Waals surface area contributed by atoms with Crippen LogP contribution >= 0.6 is 0 Å². The van der Waals surface area contributed by atoms with Gasteiger partial charge >= 0.3 is 0 Å². The molecule has 0 saturated heterocycles. The van der Waals surface area contributed by atoms with Crippen LogP contribution in [0.5, 0.6) is 0 Å². The van der Waals surface area contributed by atoms with Crippen LogP contribution in [0.15, 0.2) is 145 Å². The molecule has 2 nitrogen and oxygen atoms in total. The van der Waals surface area contributed by atoms with Crippen molar-refractivity contribution in [2.45, 2.75) is 0 Å². The molecule has 8 aromatic rings.